The molecule has 1 amide bonds. The number of nitrogens with zero attached hydrogens (tertiary/aromatic N) is 1. The Hall–Kier alpha value is -2.63. The molecule has 2 aromatic rings. The lowest BCUT2D eigenvalue weighted by atomic mass is 10.2. The summed E-state index contributed by atoms with van der Waals surface area (Å²) in [6.45, 7) is 0.126. The number of ketones is 1. The van der Waals surface area contributed by atoms with Crippen molar-refractivity contribution in [2.24, 2.45) is 0 Å². The number of methoxy groups -OCH3 is 1. The van der Waals surface area contributed by atoms with Crippen LogP contribution >= 0.6 is 11.3 Å². The predicted octanol–water partition coefficient (Wildman–Crippen LogP) is 2.33. The topological polar surface area (TPSA) is 102 Å². The van der Waals surface area contributed by atoms with E-state index in [0.717, 1.165) is 11.3 Å². The van der Waals surface area contributed by atoms with E-state index >= 15 is 0 Å². The average molecular weight is 306 g/mol. The maximum absolute atomic E-state index is 12.1. The quantitative estimate of drug-likeness (QED) is 0.510. The van der Waals surface area contributed by atoms with Gasteiger partial charge in [-0.3, -0.25) is 10.1 Å². The highest BCUT2D eigenvalue weighted by Crippen LogP contribution is 2.31. The number of Topliss-reactive ketones (excluding diaryl/α,β-unsaturated/α-hetero) is 1. The van der Waals surface area contributed by atoms with Gasteiger partial charge in [0, 0.05) is 7.11 Å². The van der Waals surface area contributed by atoms with Crippen LogP contribution in [0.5, 0.6) is 0 Å². The van der Waals surface area contributed by atoms with Crippen LogP contribution in [0.3, 0.4) is 0 Å². The number of ether oxygens (including phenoxy) is 1. The first-order chi connectivity index (χ1) is 10.1. The summed E-state index contributed by atoms with van der Waals surface area (Å²) < 4.78 is 9.94. The Kier molecular flexibility index (Phi) is 4.71. The molecule has 2 N–H and O–H groups in total. The van der Waals surface area contributed by atoms with Crippen LogP contribution in [0.2, 0.25) is 0 Å². The molecule has 0 bridgehead atoms. The van der Waals surface area contributed by atoms with Crippen molar-refractivity contribution in [3.05, 3.63) is 23.3 Å². The molecule has 0 fully saturated rings. The zero-order valence-electron chi connectivity index (χ0n) is 10.9. The van der Waals surface area contributed by atoms with Gasteiger partial charge in [-0.15, -0.1) is 0 Å². The Balaban J connectivity index is 2.38. The van der Waals surface area contributed by atoms with Crippen molar-refractivity contribution < 1.29 is 23.8 Å². The van der Waals surface area contributed by atoms with E-state index < -0.39 is 11.9 Å². The van der Waals surface area contributed by atoms with E-state index in [4.69, 9.17) is 14.3 Å². The normalized spacial score (nSPS) is 9.76. The Morgan fingerprint density at radius 3 is 3.00 bits per heavy atom. The van der Waals surface area contributed by atoms with Crippen LogP contribution in [-0.4, -0.2) is 35.7 Å². The predicted molar refractivity (Wildman–Crippen MR) is 75.4 cm³/mol. The fourth-order valence-electron chi connectivity index (χ4n) is 1.44. The van der Waals surface area contributed by atoms with Gasteiger partial charge in [0.05, 0.1) is 6.26 Å². The molecule has 0 atom stereocenters. The van der Waals surface area contributed by atoms with E-state index in [1.807, 2.05) is 0 Å². The van der Waals surface area contributed by atoms with Crippen molar-refractivity contribution in [1.29, 1.82) is 0 Å². The molecular weight excluding hydrogens is 296 g/mol. The molecule has 0 aliphatic heterocycles. The summed E-state index contributed by atoms with van der Waals surface area (Å²) in [4.78, 5) is 27.0. The van der Waals surface area contributed by atoms with Gasteiger partial charge in [-0.2, -0.15) is 0 Å². The third-order valence-electron chi connectivity index (χ3n) is 2.22. The first-order valence-corrected chi connectivity index (χ1v) is 6.50. The minimum atomic E-state index is -1.26. The number of carboxylic acid groups (broad SMARTS) is 1. The molecule has 0 saturated carbocycles. The van der Waals surface area contributed by atoms with Crippen LogP contribution in [0.25, 0.3) is 11.5 Å². The molecule has 8 heteroatoms. The molecule has 0 saturated heterocycles. The number of amides is 1. The van der Waals surface area contributed by atoms with Gasteiger partial charge in [-0.1, -0.05) is 17.3 Å². The lowest BCUT2D eigenvalue weighted by Crippen LogP contribution is -2.06. The number of aromatic nitrogens is 1. The van der Waals surface area contributed by atoms with Crippen molar-refractivity contribution in [3.8, 4) is 23.3 Å². The maximum atomic E-state index is 12.1. The van der Waals surface area contributed by atoms with Crippen molar-refractivity contribution >= 4 is 28.3 Å². The maximum Gasteiger partial charge on any atom is 0.410 e. The van der Waals surface area contributed by atoms with Crippen LogP contribution in [0.15, 0.2) is 22.8 Å². The Labute approximate surface area is 123 Å². The summed E-state index contributed by atoms with van der Waals surface area (Å²) in [6, 6.07) is 3.27. The summed E-state index contributed by atoms with van der Waals surface area (Å²) in [5.74, 6) is 4.84. The lowest BCUT2D eigenvalue weighted by Gasteiger charge is -1.93. The third kappa shape index (κ3) is 3.68. The van der Waals surface area contributed by atoms with E-state index in [1.54, 1.807) is 12.1 Å². The lowest BCUT2D eigenvalue weighted by molar-refractivity contribution is 0.105. The summed E-state index contributed by atoms with van der Waals surface area (Å²) >= 11 is 0.896. The van der Waals surface area contributed by atoms with Gasteiger partial charge in [-0.25, -0.2) is 9.78 Å². The van der Waals surface area contributed by atoms with Gasteiger partial charge in [0.2, 0.25) is 5.78 Å². The van der Waals surface area contributed by atoms with Gasteiger partial charge in [0.1, 0.15) is 17.2 Å². The Morgan fingerprint density at radius 2 is 2.38 bits per heavy atom. The van der Waals surface area contributed by atoms with Gasteiger partial charge >= 0.3 is 6.09 Å². The van der Waals surface area contributed by atoms with E-state index in [0.29, 0.717) is 5.76 Å². The van der Waals surface area contributed by atoms with E-state index in [1.165, 1.54) is 13.4 Å². The molecule has 0 spiro atoms. The van der Waals surface area contributed by atoms with Gasteiger partial charge < -0.3 is 14.3 Å². The monoisotopic (exact) mass is 306 g/mol. The summed E-state index contributed by atoms with van der Waals surface area (Å²) in [5, 5.41) is 10.9. The molecule has 0 radical (unpaired) electrons. The fourth-order valence-corrected chi connectivity index (χ4v) is 2.30. The van der Waals surface area contributed by atoms with Gasteiger partial charge in [-0.05, 0) is 18.1 Å². The number of hydrogen-bond donors (Lipinski definition) is 2. The van der Waals surface area contributed by atoms with E-state index in [9.17, 15) is 9.59 Å². The number of anilines is 1. The zero-order valence-corrected chi connectivity index (χ0v) is 11.7. The number of furan rings is 1. The first kappa shape index (κ1) is 14.8. The van der Waals surface area contributed by atoms with Crippen molar-refractivity contribution in [2.45, 2.75) is 0 Å². The molecule has 2 rings (SSSR count). The van der Waals surface area contributed by atoms with Gasteiger partial charge in [0.25, 0.3) is 0 Å². The molecule has 0 aliphatic carbocycles. The third-order valence-corrected chi connectivity index (χ3v) is 3.19. The summed E-state index contributed by atoms with van der Waals surface area (Å²) in [7, 11) is 1.47. The van der Waals surface area contributed by atoms with Crippen molar-refractivity contribution in [2.75, 3.05) is 19.0 Å². The highest BCUT2D eigenvalue weighted by Gasteiger charge is 2.20. The first-order valence-electron chi connectivity index (χ1n) is 5.68. The van der Waals surface area contributed by atoms with Crippen LogP contribution < -0.4 is 5.32 Å². The van der Waals surface area contributed by atoms with Gasteiger partial charge in [0.15, 0.2) is 10.9 Å². The largest absolute Gasteiger partial charge is 0.465 e. The number of carbonyl (C=O) groups is 2. The van der Waals surface area contributed by atoms with E-state index in [2.05, 4.69) is 22.1 Å². The molecule has 21 heavy (non-hydrogen) atoms. The molecule has 7 nitrogen and oxygen atoms in total. The van der Waals surface area contributed by atoms with Crippen LogP contribution in [0.1, 0.15) is 9.67 Å². The Bertz CT molecular complexity index is 709. The number of rotatable bonds is 4. The minimum absolute atomic E-state index is 0.0748. The smallest absolute Gasteiger partial charge is 0.410 e. The van der Waals surface area contributed by atoms with Crippen LogP contribution in [-0.2, 0) is 4.74 Å². The second-order valence-corrected chi connectivity index (χ2v) is 4.67. The molecule has 0 unspecified atom stereocenters. The average Bonchev–Trinajstić information content (AvgIpc) is 3.06. The molecular formula is C13H10N2O5S. The fraction of sp³-hybridized carbons (Fsp3) is 0.154. The van der Waals surface area contributed by atoms with E-state index in [-0.39, 0.29) is 22.3 Å². The standard InChI is InChI=1S/C13H10N2O5S/c1-19-6-2-4-8(16)11-10(9-5-3-7-20-9)14-12(21-11)15-13(17)18/h3,5,7H,6H2,1H3,(H,14,15)(H,17,18). The second-order valence-electron chi connectivity index (χ2n) is 3.67. The number of thiazole rings is 1. The summed E-state index contributed by atoms with van der Waals surface area (Å²) in [6.07, 6.45) is 0.170. The highest BCUT2D eigenvalue weighted by molar-refractivity contribution is 7.18. The minimum Gasteiger partial charge on any atom is -0.465 e. The number of carbonyl (C=O) groups excluding carboxylic acids is 1. The molecule has 2 heterocycles. The molecule has 0 aliphatic rings. The van der Waals surface area contributed by atoms with Crippen LogP contribution in [0, 0.1) is 11.8 Å². The molecule has 0 aromatic carbocycles. The summed E-state index contributed by atoms with van der Waals surface area (Å²) in [5.41, 5.74) is 0.255. The number of nitrogens with one attached hydrogen (secondary N) is 1. The highest BCUT2D eigenvalue weighted by atomic mass is 32.1. The Morgan fingerprint density at radius 1 is 1.57 bits per heavy atom. The van der Waals surface area contributed by atoms with Crippen molar-refractivity contribution in [3.63, 3.8) is 0 Å². The van der Waals surface area contributed by atoms with Crippen molar-refractivity contribution in [1.82, 2.24) is 4.98 Å². The molecule has 108 valence electrons. The molecule has 2 aromatic heterocycles. The number of hydrogen-bond acceptors (Lipinski definition) is 6. The second kappa shape index (κ2) is 6.69. The SMILES string of the molecule is COCC#CC(=O)c1sc(NC(=O)O)nc1-c1ccco1. The van der Waals surface area contributed by atoms with Crippen LogP contribution in [0.4, 0.5) is 9.93 Å². The zero-order chi connectivity index (χ0) is 15.2.